The maximum Gasteiger partial charge on any atom is 0.309 e. The van der Waals surface area contributed by atoms with Gasteiger partial charge in [0, 0.05) is 13.1 Å². The molecule has 1 atom stereocenters. The Labute approximate surface area is 194 Å². The van der Waals surface area contributed by atoms with E-state index in [1.807, 2.05) is 13.0 Å². The molecule has 33 heavy (non-hydrogen) atoms. The Morgan fingerprint density at radius 2 is 1.79 bits per heavy atom. The van der Waals surface area contributed by atoms with E-state index in [4.69, 9.17) is 9.47 Å². The minimum atomic E-state index is -3.84. The molecule has 1 aliphatic heterocycles. The lowest BCUT2D eigenvalue weighted by atomic mass is 10.2. The Bertz CT molecular complexity index is 1100. The predicted molar refractivity (Wildman–Crippen MR) is 122 cm³/mol. The van der Waals surface area contributed by atoms with Gasteiger partial charge >= 0.3 is 11.8 Å². The maximum atomic E-state index is 13.3. The first-order valence-electron chi connectivity index (χ1n) is 10.6. The summed E-state index contributed by atoms with van der Waals surface area (Å²) in [5.41, 5.74) is 2.26. The quantitative estimate of drug-likeness (QED) is 0.587. The predicted octanol–water partition coefficient (Wildman–Crippen LogP) is 1.48. The van der Waals surface area contributed by atoms with Crippen molar-refractivity contribution in [1.29, 1.82) is 0 Å². The number of nitrogens with zero attached hydrogens (tertiary/aromatic N) is 1. The van der Waals surface area contributed by atoms with Gasteiger partial charge in [0.25, 0.3) is 0 Å². The smallest absolute Gasteiger partial charge is 0.309 e. The summed E-state index contributed by atoms with van der Waals surface area (Å²) in [6, 6.07) is 12.3. The highest BCUT2D eigenvalue weighted by atomic mass is 32.2. The molecular formula is C23H29N3O6S. The molecule has 0 bridgehead atoms. The van der Waals surface area contributed by atoms with Crippen LogP contribution in [0.3, 0.4) is 0 Å². The van der Waals surface area contributed by atoms with Crippen molar-refractivity contribution in [1.82, 2.24) is 14.9 Å². The molecule has 1 heterocycles. The molecule has 1 saturated heterocycles. The van der Waals surface area contributed by atoms with Crippen molar-refractivity contribution in [3.63, 3.8) is 0 Å². The number of nitrogens with one attached hydrogen (secondary N) is 2. The van der Waals surface area contributed by atoms with Crippen LogP contribution in [0.1, 0.15) is 23.1 Å². The third-order valence-corrected chi connectivity index (χ3v) is 7.37. The first kappa shape index (κ1) is 24.7. The Hall–Kier alpha value is -2.95. The van der Waals surface area contributed by atoms with E-state index in [0.29, 0.717) is 24.3 Å². The van der Waals surface area contributed by atoms with E-state index < -0.39 is 28.1 Å². The first-order chi connectivity index (χ1) is 15.7. The number of amides is 2. The van der Waals surface area contributed by atoms with Gasteiger partial charge in [-0.25, -0.2) is 8.42 Å². The fourth-order valence-electron chi connectivity index (χ4n) is 3.48. The normalized spacial score (nSPS) is 16.8. The molecule has 9 nitrogen and oxygen atoms in total. The molecule has 2 aromatic carbocycles. The topological polar surface area (TPSA) is 114 Å². The van der Waals surface area contributed by atoms with Gasteiger partial charge in [0.2, 0.25) is 10.0 Å². The summed E-state index contributed by atoms with van der Waals surface area (Å²) >= 11 is 0. The Morgan fingerprint density at radius 3 is 2.48 bits per heavy atom. The molecule has 3 rings (SSSR count). The lowest BCUT2D eigenvalue weighted by Crippen LogP contribution is -2.53. The van der Waals surface area contributed by atoms with E-state index in [1.165, 1.54) is 4.31 Å². The molecule has 2 aromatic rings. The van der Waals surface area contributed by atoms with Crippen LogP contribution >= 0.6 is 0 Å². The van der Waals surface area contributed by atoms with Gasteiger partial charge in [0.15, 0.2) is 0 Å². The highest BCUT2D eigenvalue weighted by Gasteiger charge is 2.35. The van der Waals surface area contributed by atoms with Gasteiger partial charge in [-0.2, -0.15) is 4.31 Å². The second-order valence-corrected chi connectivity index (χ2v) is 9.66. The number of carbonyl (C=O) groups is 2. The van der Waals surface area contributed by atoms with Crippen molar-refractivity contribution in [3.8, 4) is 5.75 Å². The summed E-state index contributed by atoms with van der Waals surface area (Å²) in [6.45, 7) is 4.22. The number of hydrogen-bond donors (Lipinski definition) is 2. The fraction of sp³-hybridized carbons (Fsp3) is 0.391. The molecule has 2 amide bonds. The van der Waals surface area contributed by atoms with Gasteiger partial charge in [-0.05, 0) is 55.2 Å². The lowest BCUT2D eigenvalue weighted by Gasteiger charge is -2.35. The van der Waals surface area contributed by atoms with Crippen molar-refractivity contribution in [2.24, 2.45) is 0 Å². The first-order valence-corrected chi connectivity index (χ1v) is 12.1. The zero-order valence-electron chi connectivity index (χ0n) is 19.0. The number of benzene rings is 2. The minimum absolute atomic E-state index is 0.140. The van der Waals surface area contributed by atoms with Crippen molar-refractivity contribution in [2.45, 2.75) is 37.9 Å². The molecule has 178 valence electrons. The zero-order chi connectivity index (χ0) is 24.0. The molecule has 0 aliphatic carbocycles. The van der Waals surface area contributed by atoms with Crippen LogP contribution in [0.25, 0.3) is 0 Å². The summed E-state index contributed by atoms with van der Waals surface area (Å²) in [5, 5.41) is 5.02. The highest BCUT2D eigenvalue weighted by molar-refractivity contribution is 7.89. The summed E-state index contributed by atoms with van der Waals surface area (Å²) in [7, 11) is -2.28. The summed E-state index contributed by atoms with van der Waals surface area (Å²) in [5.74, 6) is -0.983. The second kappa shape index (κ2) is 10.8. The molecular weight excluding hydrogens is 446 g/mol. The molecule has 0 saturated carbocycles. The highest BCUT2D eigenvalue weighted by Crippen LogP contribution is 2.25. The summed E-state index contributed by atoms with van der Waals surface area (Å²) in [6.07, 6.45) is -0.362. The largest absolute Gasteiger partial charge is 0.497 e. The average molecular weight is 476 g/mol. The standard InChI is InChI=1S/C23H29N3O6S/c1-16-5-6-17(2)20(13-16)33(29,30)26-11-4-12-32-21(26)15-25-23(28)22(27)24-14-18-7-9-19(31-3)10-8-18/h5-10,13,21H,4,11-12,14-15H2,1-3H3,(H,24,27)(H,25,28). The average Bonchev–Trinajstić information content (AvgIpc) is 2.82. The number of rotatable bonds is 7. The fourth-order valence-corrected chi connectivity index (χ4v) is 5.36. The Morgan fingerprint density at radius 1 is 1.09 bits per heavy atom. The molecule has 1 fully saturated rings. The van der Waals surface area contributed by atoms with Crippen molar-refractivity contribution in [2.75, 3.05) is 26.8 Å². The zero-order valence-corrected chi connectivity index (χ0v) is 19.8. The number of ether oxygens (including phenoxy) is 2. The number of aryl methyl sites for hydroxylation is 2. The van der Waals surface area contributed by atoms with Crippen LogP contribution in [0.15, 0.2) is 47.4 Å². The SMILES string of the molecule is COc1ccc(CNC(=O)C(=O)NCC2OCCCN2S(=O)(=O)c2cc(C)ccc2C)cc1. The molecule has 0 aromatic heterocycles. The van der Waals surface area contributed by atoms with E-state index >= 15 is 0 Å². The van der Waals surface area contributed by atoms with E-state index in [2.05, 4.69) is 10.6 Å². The minimum Gasteiger partial charge on any atom is -0.497 e. The molecule has 2 N–H and O–H groups in total. The summed E-state index contributed by atoms with van der Waals surface area (Å²) < 4.78 is 38.6. The monoisotopic (exact) mass is 475 g/mol. The van der Waals surface area contributed by atoms with E-state index in [1.54, 1.807) is 50.4 Å². The number of hydrogen-bond acceptors (Lipinski definition) is 6. The van der Waals surface area contributed by atoms with Gasteiger partial charge in [-0.1, -0.05) is 24.3 Å². The van der Waals surface area contributed by atoms with E-state index in [9.17, 15) is 18.0 Å². The van der Waals surface area contributed by atoms with Crippen molar-refractivity contribution < 1.29 is 27.5 Å². The molecule has 1 unspecified atom stereocenters. The van der Waals surface area contributed by atoms with E-state index in [-0.39, 0.29) is 24.5 Å². The Balaban J connectivity index is 1.60. The van der Waals surface area contributed by atoms with Crippen molar-refractivity contribution >= 4 is 21.8 Å². The third kappa shape index (κ3) is 6.10. The van der Waals surface area contributed by atoms with E-state index in [0.717, 1.165) is 11.1 Å². The van der Waals surface area contributed by atoms with Crippen LogP contribution < -0.4 is 15.4 Å². The van der Waals surface area contributed by atoms with Crippen LogP contribution in [0.2, 0.25) is 0 Å². The van der Waals surface area contributed by atoms with Crippen LogP contribution in [0.4, 0.5) is 0 Å². The number of sulfonamides is 1. The summed E-state index contributed by atoms with van der Waals surface area (Å²) in [4.78, 5) is 24.6. The van der Waals surface area contributed by atoms with Crippen LogP contribution in [-0.4, -0.2) is 57.6 Å². The second-order valence-electron chi connectivity index (χ2n) is 7.80. The van der Waals surface area contributed by atoms with Gasteiger partial charge in [0.1, 0.15) is 12.0 Å². The number of carbonyl (C=O) groups excluding carboxylic acids is 2. The third-order valence-electron chi connectivity index (χ3n) is 5.34. The lowest BCUT2D eigenvalue weighted by molar-refractivity contribution is -0.140. The Kier molecular flexibility index (Phi) is 8.06. The van der Waals surface area contributed by atoms with Crippen LogP contribution in [-0.2, 0) is 30.9 Å². The van der Waals surface area contributed by atoms with Gasteiger partial charge in [-0.15, -0.1) is 0 Å². The van der Waals surface area contributed by atoms with Gasteiger partial charge < -0.3 is 20.1 Å². The maximum absolute atomic E-state index is 13.3. The molecule has 10 heteroatoms. The molecule has 1 aliphatic rings. The molecule has 0 radical (unpaired) electrons. The van der Waals surface area contributed by atoms with Crippen LogP contribution in [0.5, 0.6) is 5.75 Å². The van der Waals surface area contributed by atoms with Gasteiger partial charge in [0.05, 0.1) is 25.2 Å². The van der Waals surface area contributed by atoms with Gasteiger partial charge in [-0.3, -0.25) is 9.59 Å². The van der Waals surface area contributed by atoms with Crippen LogP contribution in [0, 0.1) is 13.8 Å². The molecule has 0 spiro atoms. The van der Waals surface area contributed by atoms with Crippen molar-refractivity contribution in [3.05, 3.63) is 59.2 Å². The number of methoxy groups -OCH3 is 1.